The average Bonchev–Trinajstić information content (AvgIpc) is 2.74. The van der Waals surface area contributed by atoms with Crippen LogP contribution in [0.25, 0.3) is 12.2 Å². The van der Waals surface area contributed by atoms with Crippen molar-refractivity contribution in [1.29, 1.82) is 0 Å². The molecular formula is C21H22F2O7. The number of aliphatic hydroxyl groups is 4. The summed E-state index contributed by atoms with van der Waals surface area (Å²) in [6.07, 6.45) is -4.84. The van der Waals surface area contributed by atoms with Crippen molar-refractivity contribution < 1.29 is 43.4 Å². The fraction of sp³-hybridized carbons (Fsp3) is 0.333. The maximum atomic E-state index is 14.5. The zero-order valence-corrected chi connectivity index (χ0v) is 16.0. The molecule has 3 rings (SSSR count). The molecule has 0 saturated carbocycles. The van der Waals surface area contributed by atoms with Gasteiger partial charge in [0.25, 0.3) is 0 Å². The van der Waals surface area contributed by atoms with Gasteiger partial charge in [-0.2, -0.15) is 0 Å². The highest BCUT2D eigenvalue weighted by Gasteiger charge is 2.45. The van der Waals surface area contributed by atoms with Crippen LogP contribution in [-0.2, 0) is 4.74 Å². The van der Waals surface area contributed by atoms with Gasteiger partial charge in [-0.15, -0.1) is 0 Å². The first kappa shape index (κ1) is 22.1. The molecule has 0 unspecified atom stereocenters. The highest BCUT2D eigenvalue weighted by Crippen LogP contribution is 2.31. The minimum absolute atomic E-state index is 0.0141. The summed E-state index contributed by atoms with van der Waals surface area (Å²) in [6, 6.07) is 8.55. The molecule has 1 heterocycles. The lowest BCUT2D eigenvalue weighted by Gasteiger charge is -2.39. The Morgan fingerprint density at radius 3 is 2.33 bits per heavy atom. The van der Waals surface area contributed by atoms with E-state index in [1.165, 1.54) is 13.2 Å². The van der Waals surface area contributed by atoms with Crippen molar-refractivity contribution in [3.8, 4) is 11.5 Å². The molecule has 0 bridgehead atoms. The van der Waals surface area contributed by atoms with Crippen molar-refractivity contribution in [3.63, 3.8) is 0 Å². The van der Waals surface area contributed by atoms with E-state index in [9.17, 15) is 29.2 Å². The van der Waals surface area contributed by atoms with Crippen LogP contribution < -0.4 is 9.47 Å². The highest BCUT2D eigenvalue weighted by atomic mass is 19.1. The molecule has 9 heteroatoms. The second-order valence-corrected chi connectivity index (χ2v) is 6.73. The standard InChI is InChI=1S/C21H22F2O7/c1-28-14-6-3-11(4-7-14)2-5-12-8-13(22)9-15(23)20(12)30-21-19(27)18(26)17(25)16(10-24)29-21/h2-9,16-19,21,24-27H,10H2,1H3/b5-2+/t16-,17-,18+,19-,21+/m1/s1. The van der Waals surface area contributed by atoms with Gasteiger partial charge in [0.15, 0.2) is 11.6 Å². The second kappa shape index (κ2) is 9.50. The molecule has 162 valence electrons. The number of ether oxygens (including phenoxy) is 3. The molecule has 2 aromatic carbocycles. The van der Waals surface area contributed by atoms with Gasteiger partial charge < -0.3 is 34.6 Å². The number of hydrogen-bond donors (Lipinski definition) is 4. The maximum Gasteiger partial charge on any atom is 0.229 e. The molecule has 1 aliphatic rings. The molecule has 30 heavy (non-hydrogen) atoms. The monoisotopic (exact) mass is 424 g/mol. The van der Waals surface area contributed by atoms with E-state index in [1.54, 1.807) is 30.3 Å². The second-order valence-electron chi connectivity index (χ2n) is 6.73. The van der Waals surface area contributed by atoms with Crippen molar-refractivity contribution in [2.24, 2.45) is 0 Å². The van der Waals surface area contributed by atoms with Crippen LogP contribution in [-0.4, -0.2) is 64.8 Å². The molecular weight excluding hydrogens is 402 g/mol. The summed E-state index contributed by atoms with van der Waals surface area (Å²) in [5, 5.41) is 39.1. The first-order chi connectivity index (χ1) is 14.3. The van der Waals surface area contributed by atoms with Crippen LogP contribution in [0.3, 0.4) is 0 Å². The van der Waals surface area contributed by atoms with E-state index in [0.717, 1.165) is 11.6 Å². The van der Waals surface area contributed by atoms with Crippen LogP contribution in [0.5, 0.6) is 11.5 Å². The van der Waals surface area contributed by atoms with Crippen molar-refractivity contribution in [1.82, 2.24) is 0 Å². The van der Waals surface area contributed by atoms with Gasteiger partial charge in [0.05, 0.1) is 13.7 Å². The third kappa shape index (κ3) is 4.77. The zero-order chi connectivity index (χ0) is 21.8. The predicted molar refractivity (Wildman–Crippen MR) is 103 cm³/mol. The summed E-state index contributed by atoms with van der Waals surface area (Å²) >= 11 is 0. The number of halogens is 2. The molecule has 0 radical (unpaired) electrons. The smallest absolute Gasteiger partial charge is 0.229 e. The third-order valence-corrected chi connectivity index (χ3v) is 4.69. The van der Waals surface area contributed by atoms with Crippen LogP contribution in [0.1, 0.15) is 11.1 Å². The minimum Gasteiger partial charge on any atom is -0.497 e. The van der Waals surface area contributed by atoms with Crippen LogP contribution in [0.4, 0.5) is 8.78 Å². The Bertz CT molecular complexity index is 886. The van der Waals surface area contributed by atoms with Crippen molar-refractivity contribution >= 4 is 12.2 Å². The van der Waals surface area contributed by atoms with Gasteiger partial charge in [-0.1, -0.05) is 24.3 Å². The summed E-state index contributed by atoms with van der Waals surface area (Å²) in [5.74, 6) is -1.68. The van der Waals surface area contributed by atoms with Crippen molar-refractivity contribution in [2.75, 3.05) is 13.7 Å². The van der Waals surface area contributed by atoms with Crippen LogP contribution >= 0.6 is 0 Å². The normalized spacial score (nSPS) is 26.7. The van der Waals surface area contributed by atoms with Crippen molar-refractivity contribution in [3.05, 3.63) is 59.2 Å². The molecule has 4 N–H and O–H groups in total. The quantitative estimate of drug-likeness (QED) is 0.518. The SMILES string of the molecule is COc1ccc(/C=C/c2cc(F)cc(F)c2O[C@@H]2O[C@H](CO)[C@@H](O)[C@H](O)[C@H]2O)cc1. The Balaban J connectivity index is 1.88. The Morgan fingerprint density at radius 1 is 1.00 bits per heavy atom. The lowest BCUT2D eigenvalue weighted by molar-refractivity contribution is -0.277. The molecule has 0 spiro atoms. The number of rotatable bonds is 6. The lowest BCUT2D eigenvalue weighted by atomic mass is 9.99. The van der Waals surface area contributed by atoms with Crippen LogP contribution in [0, 0.1) is 11.6 Å². The summed E-state index contributed by atoms with van der Waals surface area (Å²) in [7, 11) is 1.53. The Hall–Kier alpha value is -2.56. The van der Waals surface area contributed by atoms with Gasteiger partial charge in [0.2, 0.25) is 6.29 Å². The highest BCUT2D eigenvalue weighted by molar-refractivity contribution is 5.73. The lowest BCUT2D eigenvalue weighted by Crippen LogP contribution is -2.60. The van der Waals surface area contributed by atoms with Gasteiger partial charge in [0.1, 0.15) is 36.0 Å². The topological polar surface area (TPSA) is 109 Å². The number of hydrogen-bond acceptors (Lipinski definition) is 7. The molecule has 7 nitrogen and oxygen atoms in total. The predicted octanol–water partition coefficient (Wildman–Crippen LogP) is 1.32. The van der Waals surface area contributed by atoms with E-state index in [0.29, 0.717) is 11.8 Å². The largest absolute Gasteiger partial charge is 0.497 e. The first-order valence-corrected chi connectivity index (χ1v) is 9.12. The summed E-state index contributed by atoms with van der Waals surface area (Å²) in [5.41, 5.74) is 0.736. The first-order valence-electron chi connectivity index (χ1n) is 9.12. The van der Waals surface area contributed by atoms with Gasteiger partial charge in [-0.25, -0.2) is 8.78 Å². The third-order valence-electron chi connectivity index (χ3n) is 4.69. The Labute approximate surface area is 171 Å². The molecule has 2 aromatic rings. The van der Waals surface area contributed by atoms with Gasteiger partial charge in [-0.05, 0) is 23.8 Å². The maximum absolute atomic E-state index is 14.5. The molecule has 5 atom stereocenters. The van der Waals surface area contributed by atoms with Crippen LogP contribution in [0.15, 0.2) is 36.4 Å². The van der Waals surface area contributed by atoms with Gasteiger partial charge in [0, 0.05) is 11.6 Å². The van der Waals surface area contributed by atoms with E-state index in [-0.39, 0.29) is 5.56 Å². The van der Waals surface area contributed by atoms with E-state index in [4.69, 9.17) is 14.2 Å². The minimum atomic E-state index is -1.73. The van der Waals surface area contributed by atoms with E-state index >= 15 is 0 Å². The number of benzene rings is 2. The van der Waals surface area contributed by atoms with E-state index < -0.39 is 54.7 Å². The molecule has 0 aliphatic carbocycles. The summed E-state index contributed by atoms with van der Waals surface area (Å²) in [4.78, 5) is 0. The zero-order valence-electron chi connectivity index (χ0n) is 16.0. The molecule has 1 fully saturated rings. The Kier molecular flexibility index (Phi) is 7.01. The number of aliphatic hydroxyl groups excluding tert-OH is 4. The van der Waals surface area contributed by atoms with Gasteiger partial charge in [-0.3, -0.25) is 0 Å². The van der Waals surface area contributed by atoms with Crippen molar-refractivity contribution in [2.45, 2.75) is 30.7 Å². The molecule has 0 aromatic heterocycles. The molecule has 1 aliphatic heterocycles. The van der Waals surface area contributed by atoms with Crippen LogP contribution in [0.2, 0.25) is 0 Å². The van der Waals surface area contributed by atoms with Gasteiger partial charge >= 0.3 is 0 Å². The number of methoxy groups -OCH3 is 1. The average molecular weight is 424 g/mol. The fourth-order valence-corrected chi connectivity index (χ4v) is 3.01. The van der Waals surface area contributed by atoms with E-state index in [1.807, 2.05) is 0 Å². The molecule has 1 saturated heterocycles. The summed E-state index contributed by atoms with van der Waals surface area (Å²) in [6.45, 7) is -0.666. The Morgan fingerprint density at radius 2 is 1.70 bits per heavy atom. The fourth-order valence-electron chi connectivity index (χ4n) is 3.01. The summed E-state index contributed by atoms with van der Waals surface area (Å²) < 4.78 is 43.9. The van der Waals surface area contributed by atoms with E-state index in [2.05, 4.69) is 0 Å². The molecule has 0 amide bonds.